The van der Waals surface area contributed by atoms with Gasteiger partial charge in [-0.3, -0.25) is 4.79 Å². The van der Waals surface area contributed by atoms with Crippen LogP contribution in [0.5, 0.6) is 0 Å². The average molecular weight is 304 g/mol. The molecule has 3 heterocycles. The number of hydrogen-bond acceptors (Lipinski definition) is 5. The largest absolute Gasteiger partial charge is 0.353 e. The van der Waals surface area contributed by atoms with Crippen molar-refractivity contribution in [2.45, 2.75) is 26.8 Å². The minimum absolute atomic E-state index is 0.0384. The Hall–Kier alpha value is -1.69. The van der Waals surface area contributed by atoms with Gasteiger partial charge in [-0.2, -0.15) is 0 Å². The molecule has 1 fully saturated rings. The van der Waals surface area contributed by atoms with Crippen LogP contribution in [-0.4, -0.2) is 35.0 Å². The van der Waals surface area contributed by atoms with Gasteiger partial charge in [-0.15, -0.1) is 11.3 Å². The quantitative estimate of drug-likeness (QED) is 0.945. The number of anilines is 1. The summed E-state index contributed by atoms with van der Waals surface area (Å²) in [5.41, 5.74) is 0.995. The number of hydrogen-bond donors (Lipinski definition) is 1. The minimum atomic E-state index is 0.0384. The number of carbonyl (C=O) groups is 1. The number of amides is 1. The second-order valence-electron chi connectivity index (χ2n) is 5.95. The summed E-state index contributed by atoms with van der Waals surface area (Å²) in [4.78, 5) is 22.5. The van der Waals surface area contributed by atoms with Crippen molar-refractivity contribution in [3.63, 3.8) is 0 Å². The van der Waals surface area contributed by atoms with E-state index < -0.39 is 0 Å². The Morgan fingerprint density at radius 3 is 2.95 bits per heavy atom. The summed E-state index contributed by atoms with van der Waals surface area (Å²) in [6, 6.07) is 2.21. The fraction of sp³-hybridized carbons (Fsp3) is 0.533. The van der Waals surface area contributed by atoms with E-state index in [1.165, 1.54) is 0 Å². The molecule has 2 aromatic heterocycles. The topological polar surface area (TPSA) is 58.1 Å². The molecule has 112 valence electrons. The Morgan fingerprint density at radius 2 is 2.24 bits per heavy atom. The van der Waals surface area contributed by atoms with Gasteiger partial charge in [0.05, 0.1) is 16.3 Å². The first-order valence-corrected chi connectivity index (χ1v) is 8.14. The summed E-state index contributed by atoms with van der Waals surface area (Å²) < 4.78 is 1.13. The lowest BCUT2D eigenvalue weighted by Gasteiger charge is -2.21. The Labute approximate surface area is 128 Å². The summed E-state index contributed by atoms with van der Waals surface area (Å²) in [6.07, 6.45) is 1.63. The van der Waals surface area contributed by atoms with Gasteiger partial charge in [-0.1, -0.05) is 13.8 Å². The zero-order chi connectivity index (χ0) is 15.0. The van der Waals surface area contributed by atoms with Crippen molar-refractivity contribution < 1.29 is 4.79 Å². The van der Waals surface area contributed by atoms with Crippen molar-refractivity contribution in [3.05, 3.63) is 17.8 Å². The van der Waals surface area contributed by atoms with Crippen LogP contribution < -0.4 is 10.2 Å². The Kier molecular flexibility index (Phi) is 3.80. The maximum atomic E-state index is 11.4. The normalized spacial score (nSPS) is 22.2. The van der Waals surface area contributed by atoms with Crippen LogP contribution in [0.3, 0.4) is 0 Å². The average Bonchev–Trinajstić information content (AvgIpc) is 3.03. The van der Waals surface area contributed by atoms with Gasteiger partial charge >= 0.3 is 0 Å². The summed E-state index contributed by atoms with van der Waals surface area (Å²) in [5, 5.41) is 5.14. The molecule has 21 heavy (non-hydrogen) atoms. The smallest absolute Gasteiger partial charge is 0.217 e. The van der Waals surface area contributed by atoms with E-state index in [1.807, 2.05) is 11.4 Å². The predicted octanol–water partition coefficient (Wildman–Crippen LogP) is 2.29. The molecular weight excluding hydrogens is 284 g/mol. The minimum Gasteiger partial charge on any atom is -0.353 e. The number of rotatable bonds is 3. The van der Waals surface area contributed by atoms with Crippen LogP contribution in [0.15, 0.2) is 17.8 Å². The van der Waals surface area contributed by atoms with Gasteiger partial charge in [-0.25, -0.2) is 9.97 Å². The predicted molar refractivity (Wildman–Crippen MR) is 85.6 cm³/mol. The number of thiophene rings is 1. The number of nitrogens with zero attached hydrogens (tertiary/aromatic N) is 3. The summed E-state index contributed by atoms with van der Waals surface area (Å²) in [7, 11) is 0. The standard InChI is InChI=1S/C15H20N4OS/c1-9(2)11-6-19(7-13(11)18-10(3)20)15-14-12(4-5-21-14)16-8-17-15/h4-5,8-9,11,13H,6-7H2,1-3H3,(H,18,20). The molecule has 1 amide bonds. The molecule has 2 aromatic rings. The van der Waals surface area contributed by atoms with E-state index in [2.05, 4.69) is 34.0 Å². The van der Waals surface area contributed by atoms with Crippen LogP contribution >= 0.6 is 11.3 Å². The SMILES string of the molecule is CC(=O)NC1CN(c2ncnc3ccsc23)CC1C(C)C. The van der Waals surface area contributed by atoms with E-state index in [1.54, 1.807) is 24.6 Å². The molecule has 2 atom stereocenters. The molecule has 0 saturated carbocycles. The van der Waals surface area contributed by atoms with Crippen LogP contribution in [0.4, 0.5) is 5.82 Å². The van der Waals surface area contributed by atoms with Gasteiger partial charge < -0.3 is 10.2 Å². The highest BCUT2D eigenvalue weighted by atomic mass is 32.1. The summed E-state index contributed by atoms with van der Waals surface area (Å²) in [6.45, 7) is 7.74. The van der Waals surface area contributed by atoms with Gasteiger partial charge in [0.2, 0.25) is 5.91 Å². The van der Waals surface area contributed by atoms with E-state index in [0.29, 0.717) is 11.8 Å². The van der Waals surface area contributed by atoms with Gasteiger partial charge in [0.15, 0.2) is 0 Å². The number of fused-ring (bicyclic) bond motifs is 1. The molecule has 0 radical (unpaired) electrons. The molecule has 1 aliphatic heterocycles. The summed E-state index contributed by atoms with van der Waals surface area (Å²) >= 11 is 1.67. The van der Waals surface area contributed by atoms with E-state index in [9.17, 15) is 4.79 Å². The lowest BCUT2D eigenvalue weighted by molar-refractivity contribution is -0.119. The number of nitrogens with one attached hydrogen (secondary N) is 1. The fourth-order valence-corrected chi connectivity index (χ4v) is 3.95. The number of carbonyl (C=O) groups excluding carboxylic acids is 1. The van der Waals surface area contributed by atoms with Crippen molar-refractivity contribution in [3.8, 4) is 0 Å². The van der Waals surface area contributed by atoms with Crippen molar-refractivity contribution >= 4 is 33.3 Å². The van der Waals surface area contributed by atoms with Crippen molar-refractivity contribution in [1.29, 1.82) is 0 Å². The highest BCUT2D eigenvalue weighted by Crippen LogP contribution is 2.33. The van der Waals surface area contributed by atoms with Gasteiger partial charge in [-0.05, 0) is 17.4 Å². The molecule has 1 saturated heterocycles. The van der Waals surface area contributed by atoms with E-state index >= 15 is 0 Å². The van der Waals surface area contributed by atoms with Crippen LogP contribution in [0.1, 0.15) is 20.8 Å². The lowest BCUT2D eigenvalue weighted by atomic mass is 9.91. The number of aromatic nitrogens is 2. The Bertz CT molecular complexity index is 654. The van der Waals surface area contributed by atoms with Gasteiger partial charge in [0, 0.05) is 25.9 Å². The van der Waals surface area contributed by atoms with Crippen molar-refractivity contribution in [1.82, 2.24) is 15.3 Å². The van der Waals surface area contributed by atoms with Crippen LogP contribution in [0, 0.1) is 11.8 Å². The zero-order valence-electron chi connectivity index (χ0n) is 12.5. The van der Waals surface area contributed by atoms with Gasteiger partial charge in [0.25, 0.3) is 0 Å². The first-order valence-electron chi connectivity index (χ1n) is 7.26. The molecule has 5 nitrogen and oxygen atoms in total. The molecule has 0 spiro atoms. The van der Waals surface area contributed by atoms with Gasteiger partial charge in [0.1, 0.15) is 12.1 Å². The molecule has 0 aromatic carbocycles. The molecule has 1 aliphatic rings. The molecule has 6 heteroatoms. The molecule has 2 unspecified atom stereocenters. The van der Waals surface area contributed by atoms with Crippen LogP contribution in [0.25, 0.3) is 10.2 Å². The highest BCUT2D eigenvalue weighted by Gasteiger charge is 2.36. The van der Waals surface area contributed by atoms with Crippen LogP contribution in [0.2, 0.25) is 0 Å². The monoisotopic (exact) mass is 304 g/mol. The lowest BCUT2D eigenvalue weighted by Crippen LogP contribution is -2.40. The first kappa shape index (κ1) is 14.3. The van der Waals surface area contributed by atoms with E-state index in [4.69, 9.17) is 0 Å². The molecular formula is C15H20N4OS. The van der Waals surface area contributed by atoms with E-state index in [-0.39, 0.29) is 11.9 Å². The molecule has 1 N–H and O–H groups in total. The van der Waals surface area contributed by atoms with Crippen molar-refractivity contribution in [2.75, 3.05) is 18.0 Å². The second-order valence-corrected chi connectivity index (χ2v) is 6.87. The third-order valence-electron chi connectivity index (χ3n) is 4.13. The second kappa shape index (κ2) is 5.60. The molecule has 0 bridgehead atoms. The zero-order valence-corrected chi connectivity index (χ0v) is 13.4. The molecule has 0 aliphatic carbocycles. The Morgan fingerprint density at radius 1 is 1.43 bits per heavy atom. The highest BCUT2D eigenvalue weighted by molar-refractivity contribution is 7.17. The third kappa shape index (κ3) is 2.72. The maximum Gasteiger partial charge on any atom is 0.217 e. The van der Waals surface area contributed by atoms with Crippen molar-refractivity contribution in [2.24, 2.45) is 11.8 Å². The maximum absolute atomic E-state index is 11.4. The fourth-order valence-electron chi connectivity index (χ4n) is 3.09. The first-order chi connectivity index (χ1) is 10.1. The summed E-state index contributed by atoms with van der Waals surface area (Å²) in [5.74, 6) is 2.00. The third-order valence-corrected chi connectivity index (χ3v) is 5.03. The Balaban J connectivity index is 1.90. The molecule has 3 rings (SSSR count). The van der Waals surface area contributed by atoms with Crippen LogP contribution in [-0.2, 0) is 4.79 Å². The van der Waals surface area contributed by atoms with E-state index in [0.717, 1.165) is 29.1 Å².